The van der Waals surface area contributed by atoms with E-state index >= 15 is 0 Å². The van der Waals surface area contributed by atoms with Gasteiger partial charge in [-0.1, -0.05) is 17.7 Å². The van der Waals surface area contributed by atoms with Crippen molar-refractivity contribution >= 4 is 32.9 Å². The van der Waals surface area contributed by atoms with Crippen molar-refractivity contribution in [3.05, 3.63) is 70.1 Å². The molecule has 0 spiro atoms. The third kappa shape index (κ3) is 4.74. The van der Waals surface area contributed by atoms with Gasteiger partial charge in [-0.05, 0) is 55.8 Å². The number of aryl methyl sites for hydroxylation is 1. The number of hydrogen-bond donors (Lipinski definition) is 2. The summed E-state index contributed by atoms with van der Waals surface area (Å²) in [6.45, 7) is 3.39. The smallest absolute Gasteiger partial charge is 0.261 e. The SMILES string of the molecule is Cc1nnc(Oc2ccc(F)cc2Cl)c(C(=O)Nc2cccc(S(C)(=N)=O)c2)c1C. The molecule has 0 radical (unpaired) electrons. The Balaban J connectivity index is 1.98. The van der Waals surface area contributed by atoms with Crippen LogP contribution < -0.4 is 10.1 Å². The van der Waals surface area contributed by atoms with Crippen LogP contribution in [-0.4, -0.2) is 26.6 Å². The second kappa shape index (κ2) is 8.37. The van der Waals surface area contributed by atoms with Gasteiger partial charge in [0.2, 0.25) is 0 Å². The second-order valence-electron chi connectivity index (χ2n) is 6.59. The van der Waals surface area contributed by atoms with Crippen molar-refractivity contribution < 1.29 is 18.1 Å². The maximum atomic E-state index is 13.3. The highest BCUT2D eigenvalue weighted by Crippen LogP contribution is 2.32. The number of aromatic nitrogens is 2. The third-order valence-corrected chi connectivity index (χ3v) is 5.74. The molecule has 1 heterocycles. The number of benzene rings is 2. The third-order valence-electron chi connectivity index (χ3n) is 4.29. The van der Waals surface area contributed by atoms with Crippen molar-refractivity contribution in [2.24, 2.45) is 0 Å². The molecule has 0 aliphatic carbocycles. The highest BCUT2D eigenvalue weighted by Gasteiger charge is 2.22. The molecule has 0 aliphatic heterocycles. The van der Waals surface area contributed by atoms with Crippen molar-refractivity contribution in [2.75, 3.05) is 11.6 Å². The predicted molar refractivity (Wildman–Crippen MR) is 112 cm³/mol. The van der Waals surface area contributed by atoms with Crippen molar-refractivity contribution in [1.29, 1.82) is 4.78 Å². The number of halogens is 2. The van der Waals surface area contributed by atoms with Gasteiger partial charge in [-0.3, -0.25) is 4.79 Å². The maximum absolute atomic E-state index is 13.3. The van der Waals surface area contributed by atoms with Crippen LogP contribution in [0.2, 0.25) is 5.02 Å². The van der Waals surface area contributed by atoms with Crippen LogP contribution in [0.1, 0.15) is 21.6 Å². The monoisotopic (exact) mass is 448 g/mol. The fourth-order valence-electron chi connectivity index (χ4n) is 2.60. The lowest BCUT2D eigenvalue weighted by Crippen LogP contribution is -2.17. The van der Waals surface area contributed by atoms with Crippen LogP contribution >= 0.6 is 11.6 Å². The number of nitrogens with zero attached hydrogens (tertiary/aromatic N) is 2. The van der Waals surface area contributed by atoms with Gasteiger partial charge in [0, 0.05) is 16.8 Å². The van der Waals surface area contributed by atoms with Crippen LogP contribution in [0.15, 0.2) is 47.4 Å². The summed E-state index contributed by atoms with van der Waals surface area (Å²) in [4.78, 5) is 13.3. The zero-order chi connectivity index (χ0) is 22.1. The average Bonchev–Trinajstić information content (AvgIpc) is 2.66. The van der Waals surface area contributed by atoms with Crippen molar-refractivity contribution in [2.45, 2.75) is 18.7 Å². The molecule has 3 aromatic rings. The van der Waals surface area contributed by atoms with E-state index in [2.05, 4.69) is 15.5 Å². The van der Waals surface area contributed by atoms with Crippen molar-refractivity contribution in [3.63, 3.8) is 0 Å². The van der Waals surface area contributed by atoms with Gasteiger partial charge in [0.25, 0.3) is 11.8 Å². The Morgan fingerprint density at radius 3 is 2.60 bits per heavy atom. The number of anilines is 1. The molecule has 3 rings (SSSR count). The highest BCUT2D eigenvalue weighted by molar-refractivity contribution is 7.91. The lowest BCUT2D eigenvalue weighted by molar-refractivity contribution is 0.102. The molecule has 2 aromatic carbocycles. The van der Waals surface area contributed by atoms with E-state index in [9.17, 15) is 13.4 Å². The van der Waals surface area contributed by atoms with Gasteiger partial charge in [-0.15, -0.1) is 5.10 Å². The number of carbonyl (C=O) groups excluding carboxylic acids is 1. The van der Waals surface area contributed by atoms with Gasteiger partial charge in [0.1, 0.15) is 17.1 Å². The van der Waals surface area contributed by atoms with E-state index in [0.717, 1.165) is 6.07 Å². The summed E-state index contributed by atoms with van der Waals surface area (Å²) in [5.41, 5.74) is 1.54. The molecule has 1 atom stereocenters. The minimum atomic E-state index is -2.94. The Labute approximate surface area is 178 Å². The fraction of sp³-hybridized carbons (Fsp3) is 0.150. The largest absolute Gasteiger partial charge is 0.435 e. The van der Waals surface area contributed by atoms with E-state index < -0.39 is 21.5 Å². The van der Waals surface area contributed by atoms with Crippen LogP contribution in [0, 0.1) is 24.4 Å². The maximum Gasteiger partial charge on any atom is 0.261 e. The zero-order valence-electron chi connectivity index (χ0n) is 16.3. The van der Waals surface area contributed by atoms with E-state index in [1.807, 2.05) is 0 Å². The summed E-state index contributed by atoms with van der Waals surface area (Å²) in [6.07, 6.45) is 1.30. The molecule has 2 N–H and O–H groups in total. The minimum Gasteiger partial charge on any atom is -0.435 e. The summed E-state index contributed by atoms with van der Waals surface area (Å²) in [5.74, 6) is -1.05. The Kier molecular flexibility index (Phi) is 6.04. The first-order chi connectivity index (χ1) is 14.1. The van der Waals surface area contributed by atoms with E-state index in [0.29, 0.717) is 16.9 Å². The number of carbonyl (C=O) groups is 1. The zero-order valence-corrected chi connectivity index (χ0v) is 17.9. The first-order valence-electron chi connectivity index (χ1n) is 8.68. The lowest BCUT2D eigenvalue weighted by atomic mass is 10.1. The predicted octanol–water partition coefficient (Wildman–Crippen LogP) is 4.97. The van der Waals surface area contributed by atoms with Gasteiger partial charge in [-0.2, -0.15) is 5.10 Å². The topological polar surface area (TPSA) is 105 Å². The van der Waals surface area contributed by atoms with E-state index in [1.165, 1.54) is 24.5 Å². The van der Waals surface area contributed by atoms with Crippen LogP contribution in [0.5, 0.6) is 11.6 Å². The molecule has 156 valence electrons. The minimum absolute atomic E-state index is 0.0160. The lowest BCUT2D eigenvalue weighted by Gasteiger charge is -2.14. The number of rotatable bonds is 5. The molecule has 0 fully saturated rings. The molecule has 30 heavy (non-hydrogen) atoms. The van der Waals surface area contributed by atoms with Gasteiger partial charge in [-0.25, -0.2) is 13.4 Å². The Hall–Kier alpha value is -3.04. The van der Waals surface area contributed by atoms with Crippen molar-refractivity contribution in [1.82, 2.24) is 10.2 Å². The molecule has 1 aromatic heterocycles. The molecule has 10 heteroatoms. The molecule has 0 bridgehead atoms. The quantitative estimate of drug-likeness (QED) is 0.573. The molecule has 0 saturated heterocycles. The van der Waals surface area contributed by atoms with Gasteiger partial charge < -0.3 is 10.1 Å². The Morgan fingerprint density at radius 1 is 1.20 bits per heavy atom. The molecule has 7 nitrogen and oxygen atoms in total. The van der Waals surface area contributed by atoms with Gasteiger partial charge in [0.15, 0.2) is 0 Å². The standard InChI is InChI=1S/C20H18ClFN4O3S/c1-11-12(2)25-26-20(29-17-8-7-13(22)9-16(17)21)18(11)19(27)24-14-5-4-6-15(10-14)30(3,23)28/h4-10,23H,1-3H3,(H,24,27). The molecular weight excluding hydrogens is 431 g/mol. The van der Waals surface area contributed by atoms with Gasteiger partial charge >= 0.3 is 0 Å². The highest BCUT2D eigenvalue weighted by atomic mass is 35.5. The number of ether oxygens (including phenoxy) is 1. The molecule has 1 amide bonds. The normalized spacial score (nSPS) is 12.8. The fourth-order valence-corrected chi connectivity index (χ4v) is 3.49. The summed E-state index contributed by atoms with van der Waals surface area (Å²) in [5, 5.41) is 10.7. The van der Waals surface area contributed by atoms with E-state index in [4.69, 9.17) is 21.1 Å². The van der Waals surface area contributed by atoms with Crippen molar-refractivity contribution in [3.8, 4) is 11.6 Å². The average molecular weight is 449 g/mol. The molecule has 0 aliphatic rings. The first-order valence-corrected chi connectivity index (χ1v) is 11.0. The van der Waals surface area contributed by atoms with E-state index in [1.54, 1.807) is 32.0 Å². The van der Waals surface area contributed by atoms with Crippen LogP contribution in [-0.2, 0) is 9.73 Å². The van der Waals surface area contributed by atoms with Gasteiger partial charge in [0.05, 0.1) is 20.4 Å². The summed E-state index contributed by atoms with van der Waals surface area (Å²) in [7, 11) is -2.94. The first kappa shape index (κ1) is 21.7. The summed E-state index contributed by atoms with van der Waals surface area (Å²) >= 11 is 6.01. The Bertz CT molecular complexity index is 1250. The number of hydrogen-bond acceptors (Lipinski definition) is 6. The second-order valence-corrected chi connectivity index (χ2v) is 9.16. The molecule has 1 unspecified atom stereocenters. The van der Waals surface area contributed by atoms with Crippen LogP contribution in [0.3, 0.4) is 0 Å². The number of nitrogens with one attached hydrogen (secondary N) is 2. The van der Waals surface area contributed by atoms with Crippen LogP contribution in [0.4, 0.5) is 10.1 Å². The molecule has 0 saturated carbocycles. The summed E-state index contributed by atoms with van der Waals surface area (Å²) in [6, 6.07) is 9.82. The Morgan fingerprint density at radius 2 is 1.93 bits per heavy atom. The van der Waals surface area contributed by atoms with Crippen LogP contribution in [0.25, 0.3) is 0 Å². The molecular formula is C20H18ClFN4O3S. The van der Waals surface area contributed by atoms with E-state index in [-0.39, 0.29) is 27.1 Å². The number of amides is 1. The summed E-state index contributed by atoms with van der Waals surface area (Å²) < 4.78 is 38.7.